The molecule has 2 aromatic rings. The normalized spacial score (nSPS) is 12.1. The maximum Gasteiger partial charge on any atom is 0.231 e. The second kappa shape index (κ2) is 4.71. The Morgan fingerprint density at radius 3 is 3.00 bits per heavy atom. The number of nitrogens with zero attached hydrogens (tertiary/aromatic N) is 1. The van der Waals surface area contributed by atoms with E-state index in [9.17, 15) is 0 Å². The predicted molar refractivity (Wildman–Crippen MR) is 70.0 cm³/mol. The van der Waals surface area contributed by atoms with Crippen LogP contribution in [0, 0.1) is 11.8 Å². The van der Waals surface area contributed by atoms with Gasteiger partial charge in [0, 0.05) is 10.9 Å². The van der Waals surface area contributed by atoms with E-state index in [1.807, 2.05) is 23.6 Å². The summed E-state index contributed by atoms with van der Waals surface area (Å²) in [4.78, 5) is 4.41. The molecule has 0 amide bonds. The SMILES string of the molecule is CCc1csc(C#Cc2ccc3c(c2)OCO3)n1. The number of thiazole rings is 1. The molecule has 1 aliphatic heterocycles. The van der Waals surface area contributed by atoms with Crippen molar-refractivity contribution in [2.45, 2.75) is 13.3 Å². The van der Waals surface area contributed by atoms with E-state index in [0.717, 1.165) is 34.2 Å². The smallest absolute Gasteiger partial charge is 0.231 e. The second-order valence-electron chi connectivity index (χ2n) is 3.82. The molecule has 0 unspecified atom stereocenters. The number of ether oxygens (including phenoxy) is 2. The van der Waals surface area contributed by atoms with Gasteiger partial charge in [-0.05, 0) is 30.5 Å². The third-order valence-corrected chi connectivity index (χ3v) is 3.41. The number of aromatic nitrogens is 1. The zero-order valence-corrected chi connectivity index (χ0v) is 10.7. The van der Waals surface area contributed by atoms with Crippen molar-refractivity contribution >= 4 is 11.3 Å². The molecule has 1 aromatic carbocycles. The van der Waals surface area contributed by atoms with Gasteiger partial charge in [-0.25, -0.2) is 4.98 Å². The first-order valence-corrected chi connectivity index (χ1v) is 6.59. The molecule has 0 saturated carbocycles. The van der Waals surface area contributed by atoms with Crippen LogP contribution in [0.25, 0.3) is 0 Å². The molecule has 18 heavy (non-hydrogen) atoms. The van der Waals surface area contributed by atoms with E-state index in [-0.39, 0.29) is 0 Å². The van der Waals surface area contributed by atoms with Crippen molar-refractivity contribution in [1.82, 2.24) is 4.98 Å². The number of benzene rings is 1. The summed E-state index contributed by atoms with van der Waals surface area (Å²) in [5.74, 6) is 7.70. The lowest BCUT2D eigenvalue weighted by molar-refractivity contribution is 0.174. The van der Waals surface area contributed by atoms with E-state index < -0.39 is 0 Å². The van der Waals surface area contributed by atoms with Crippen LogP contribution in [0.3, 0.4) is 0 Å². The maximum absolute atomic E-state index is 5.31. The molecule has 0 bridgehead atoms. The lowest BCUT2D eigenvalue weighted by Gasteiger charge is -1.94. The van der Waals surface area contributed by atoms with Crippen molar-refractivity contribution in [3.05, 3.63) is 39.8 Å². The maximum atomic E-state index is 5.31. The highest BCUT2D eigenvalue weighted by Crippen LogP contribution is 2.32. The molecule has 0 radical (unpaired) electrons. The molecule has 0 atom stereocenters. The summed E-state index contributed by atoms with van der Waals surface area (Å²) in [6.07, 6.45) is 0.947. The van der Waals surface area contributed by atoms with Crippen LogP contribution in [0.1, 0.15) is 23.2 Å². The molecular weight excluding hydrogens is 246 g/mol. The third kappa shape index (κ3) is 2.18. The Labute approximate surface area is 109 Å². The second-order valence-corrected chi connectivity index (χ2v) is 4.67. The van der Waals surface area contributed by atoms with Gasteiger partial charge < -0.3 is 9.47 Å². The van der Waals surface area contributed by atoms with Crippen molar-refractivity contribution in [2.75, 3.05) is 6.79 Å². The van der Waals surface area contributed by atoms with Crippen LogP contribution in [-0.2, 0) is 6.42 Å². The molecule has 2 heterocycles. The summed E-state index contributed by atoms with van der Waals surface area (Å²) < 4.78 is 10.6. The number of rotatable bonds is 1. The van der Waals surface area contributed by atoms with E-state index >= 15 is 0 Å². The van der Waals surface area contributed by atoms with E-state index in [1.165, 1.54) is 0 Å². The number of hydrogen-bond donors (Lipinski definition) is 0. The molecule has 0 fully saturated rings. The molecule has 0 spiro atoms. The van der Waals surface area contributed by atoms with Crippen LogP contribution >= 0.6 is 11.3 Å². The molecule has 0 N–H and O–H groups in total. The van der Waals surface area contributed by atoms with E-state index in [4.69, 9.17) is 9.47 Å². The van der Waals surface area contributed by atoms with Gasteiger partial charge in [0.1, 0.15) is 0 Å². The van der Waals surface area contributed by atoms with Crippen LogP contribution in [0.4, 0.5) is 0 Å². The van der Waals surface area contributed by atoms with Crippen LogP contribution in [0.15, 0.2) is 23.6 Å². The summed E-state index contributed by atoms with van der Waals surface area (Å²) in [6.45, 7) is 2.38. The minimum absolute atomic E-state index is 0.290. The van der Waals surface area contributed by atoms with E-state index in [0.29, 0.717) is 6.79 Å². The standard InChI is InChI=1S/C14H11NO2S/c1-2-11-8-18-14(15-11)6-4-10-3-5-12-13(7-10)17-9-16-12/h3,5,7-8H,2,9H2,1H3. The first kappa shape index (κ1) is 11.1. The van der Waals surface area contributed by atoms with Crippen LogP contribution in [0.5, 0.6) is 11.5 Å². The average molecular weight is 257 g/mol. The molecule has 0 aliphatic carbocycles. The molecule has 3 nitrogen and oxygen atoms in total. The Morgan fingerprint density at radius 2 is 2.17 bits per heavy atom. The Bertz CT molecular complexity index is 637. The van der Waals surface area contributed by atoms with Crippen LogP contribution < -0.4 is 9.47 Å². The van der Waals surface area contributed by atoms with Gasteiger partial charge in [-0.15, -0.1) is 11.3 Å². The Morgan fingerprint density at radius 1 is 1.28 bits per heavy atom. The highest BCUT2D eigenvalue weighted by Gasteiger charge is 2.12. The number of aryl methyl sites for hydroxylation is 1. The van der Waals surface area contributed by atoms with Crippen molar-refractivity contribution < 1.29 is 9.47 Å². The van der Waals surface area contributed by atoms with E-state index in [1.54, 1.807) is 11.3 Å². The molecule has 1 aromatic heterocycles. The molecule has 3 rings (SSSR count). The van der Waals surface area contributed by atoms with Crippen molar-refractivity contribution in [3.8, 4) is 23.3 Å². The minimum Gasteiger partial charge on any atom is -0.454 e. The van der Waals surface area contributed by atoms with Gasteiger partial charge in [0.05, 0.1) is 5.69 Å². The zero-order valence-electron chi connectivity index (χ0n) is 9.90. The van der Waals surface area contributed by atoms with Crippen LogP contribution in [-0.4, -0.2) is 11.8 Å². The molecule has 90 valence electrons. The highest BCUT2D eigenvalue weighted by atomic mass is 32.1. The van der Waals surface area contributed by atoms with Crippen molar-refractivity contribution in [1.29, 1.82) is 0 Å². The summed E-state index contributed by atoms with van der Waals surface area (Å²) in [6, 6.07) is 5.70. The average Bonchev–Trinajstić information content (AvgIpc) is 3.04. The molecule has 4 heteroatoms. The zero-order chi connectivity index (χ0) is 12.4. The van der Waals surface area contributed by atoms with E-state index in [2.05, 4.69) is 23.7 Å². The van der Waals surface area contributed by atoms with Crippen LogP contribution in [0.2, 0.25) is 0 Å². The van der Waals surface area contributed by atoms with Gasteiger partial charge in [0.2, 0.25) is 6.79 Å². The minimum atomic E-state index is 0.290. The fourth-order valence-corrected chi connectivity index (χ4v) is 2.37. The predicted octanol–water partition coefficient (Wildman–Crippen LogP) is 2.83. The topological polar surface area (TPSA) is 31.4 Å². The first-order valence-electron chi connectivity index (χ1n) is 5.71. The largest absolute Gasteiger partial charge is 0.454 e. The fourth-order valence-electron chi connectivity index (χ4n) is 1.63. The fraction of sp³-hybridized carbons (Fsp3) is 0.214. The Kier molecular flexibility index (Phi) is 2.91. The van der Waals surface area contributed by atoms with Gasteiger partial charge in [-0.2, -0.15) is 0 Å². The summed E-state index contributed by atoms with van der Waals surface area (Å²) in [7, 11) is 0. The lowest BCUT2D eigenvalue weighted by Crippen LogP contribution is -1.92. The summed E-state index contributed by atoms with van der Waals surface area (Å²) in [5, 5.41) is 2.90. The third-order valence-electron chi connectivity index (χ3n) is 2.60. The number of fused-ring (bicyclic) bond motifs is 1. The van der Waals surface area contributed by atoms with Crippen molar-refractivity contribution in [3.63, 3.8) is 0 Å². The first-order chi connectivity index (χ1) is 8.85. The van der Waals surface area contributed by atoms with Gasteiger partial charge in [0.25, 0.3) is 0 Å². The Hall–Kier alpha value is -1.99. The molecule has 1 aliphatic rings. The lowest BCUT2D eigenvalue weighted by atomic mass is 10.2. The van der Waals surface area contributed by atoms with Gasteiger partial charge >= 0.3 is 0 Å². The van der Waals surface area contributed by atoms with Gasteiger partial charge in [-0.3, -0.25) is 0 Å². The Balaban J connectivity index is 1.84. The molecule has 0 saturated heterocycles. The summed E-state index contributed by atoms with van der Waals surface area (Å²) >= 11 is 1.58. The highest BCUT2D eigenvalue weighted by molar-refractivity contribution is 7.10. The summed E-state index contributed by atoms with van der Waals surface area (Å²) in [5.41, 5.74) is 2.00. The van der Waals surface area contributed by atoms with Gasteiger partial charge in [-0.1, -0.05) is 12.8 Å². The van der Waals surface area contributed by atoms with Gasteiger partial charge in [0.15, 0.2) is 16.5 Å². The molecular formula is C14H11NO2S. The quantitative estimate of drug-likeness (QED) is 0.736. The number of hydrogen-bond acceptors (Lipinski definition) is 4. The van der Waals surface area contributed by atoms with Crippen molar-refractivity contribution in [2.24, 2.45) is 0 Å². The monoisotopic (exact) mass is 257 g/mol.